The summed E-state index contributed by atoms with van der Waals surface area (Å²) in [6.07, 6.45) is -1.17. The first kappa shape index (κ1) is 6.96. The summed E-state index contributed by atoms with van der Waals surface area (Å²) in [4.78, 5) is 11.7. The van der Waals surface area contributed by atoms with Gasteiger partial charge in [0.25, 0.3) is 0 Å². The van der Waals surface area contributed by atoms with E-state index in [9.17, 15) is 13.2 Å². The third kappa shape index (κ3) is 8.16. The van der Waals surface area contributed by atoms with Crippen molar-refractivity contribution in [1.29, 1.82) is 0 Å². The van der Waals surface area contributed by atoms with Crippen LogP contribution in [0.3, 0.4) is 0 Å². The lowest BCUT2D eigenvalue weighted by Crippen LogP contribution is -2.46. The molecule has 1 saturated heterocycles. The summed E-state index contributed by atoms with van der Waals surface area (Å²) in [6.45, 7) is -23.6. The molecule has 0 unspecified atom stereocenters. The number of carbonyl (C=O) groups is 1. The molecule has 1 aliphatic heterocycles. The van der Waals surface area contributed by atoms with Crippen LogP contribution in [0, 0.1) is 5.89 Å². The molecule has 1 aromatic carbocycles. The van der Waals surface area contributed by atoms with Crippen molar-refractivity contribution < 1.29 is 43.5 Å². The van der Waals surface area contributed by atoms with E-state index < -0.39 is 127 Å². The van der Waals surface area contributed by atoms with Gasteiger partial charge < -0.3 is 10.2 Å². The topological polar surface area (TPSA) is 81.8 Å². The smallest absolute Gasteiger partial charge is 0.221 e. The van der Waals surface area contributed by atoms with Crippen molar-refractivity contribution in [1.82, 2.24) is 9.62 Å². The number of nitrogens with zero attached hydrogens (tertiary/aromatic N) is 2. The van der Waals surface area contributed by atoms with Crippen LogP contribution in [0.5, 0.6) is 0 Å². The van der Waals surface area contributed by atoms with E-state index in [2.05, 4.69) is 0 Å². The number of rotatable bonds is 10. The first-order chi connectivity index (χ1) is 22.0. The van der Waals surface area contributed by atoms with Crippen LogP contribution in [-0.2, 0) is 14.8 Å². The molecule has 1 amide bonds. The third-order valence-electron chi connectivity index (χ3n) is 3.02. The van der Waals surface area contributed by atoms with Crippen LogP contribution in [0.2, 0.25) is 2.82 Å². The Balaban J connectivity index is 2.49. The van der Waals surface area contributed by atoms with Crippen molar-refractivity contribution in [3.8, 4) is 0 Å². The summed E-state index contributed by atoms with van der Waals surface area (Å²) < 4.78 is 203. The first-order valence-electron chi connectivity index (χ1n) is 18.8. The van der Waals surface area contributed by atoms with E-state index in [0.29, 0.717) is 6.07 Å². The van der Waals surface area contributed by atoms with Crippen molar-refractivity contribution in [3.05, 3.63) is 24.2 Å². The van der Waals surface area contributed by atoms with Gasteiger partial charge in [-0.2, -0.15) is 0 Å². The van der Waals surface area contributed by atoms with E-state index in [4.69, 9.17) is 30.2 Å². The molecule has 0 spiro atoms. The van der Waals surface area contributed by atoms with E-state index in [-0.39, 0.29) is 15.1 Å². The Kier molecular flexibility index (Phi) is 2.68. The summed E-state index contributed by atoms with van der Waals surface area (Å²) >= 11 is 0. The fraction of sp³-hybridized carbons (Fsp3) is 0.650. The van der Waals surface area contributed by atoms with Gasteiger partial charge in [0.2, 0.25) is 15.9 Å². The average molecular weight is 433 g/mol. The Morgan fingerprint density at radius 3 is 2.82 bits per heavy atom. The zero-order valence-electron chi connectivity index (χ0n) is 36.8. The van der Waals surface area contributed by atoms with E-state index in [1.54, 1.807) is 0 Å². The van der Waals surface area contributed by atoms with Crippen molar-refractivity contribution in [2.24, 2.45) is 5.89 Å². The van der Waals surface area contributed by atoms with Crippen LogP contribution in [0.4, 0.5) is 11.4 Å². The van der Waals surface area contributed by atoms with Crippen molar-refractivity contribution in [3.63, 3.8) is 0 Å². The number of benzene rings is 1. The second-order valence-electron chi connectivity index (χ2n) is 5.33. The monoisotopic (exact) mass is 432 g/mol. The lowest BCUT2D eigenvalue weighted by Gasteiger charge is -2.36. The Hall–Kier alpha value is -1.64. The highest BCUT2D eigenvalue weighted by molar-refractivity contribution is 7.89. The summed E-state index contributed by atoms with van der Waals surface area (Å²) in [5.74, 6) is -5.31. The summed E-state index contributed by atoms with van der Waals surface area (Å²) in [7, 11) is -5.86. The molecule has 0 aliphatic carbocycles. The van der Waals surface area contributed by atoms with Crippen LogP contribution in [0.1, 0.15) is 60.9 Å². The Bertz CT molecular complexity index is 1540. The standard InChI is InChI=1S/C20H34N4O3S/c1-17(2)16-28(26,27)21-9-4-5-10-23-11-13-24(14-12-23)20-8-6-7-19(15-20)22-18(3)25/h6-8,15,17,21H,4-5,9-14,16H2,1-3H3,(H,22,25)/i1D3,2D3,7D,8D,11D2,12D2,13D2,14D2,15D,16D2,17D/hD2. The average Bonchev–Trinajstić information content (AvgIpc) is 2.91. The fourth-order valence-electron chi connectivity index (χ4n) is 1.92. The highest BCUT2D eigenvalue weighted by atomic mass is 32.2. The molecular weight excluding hydrogens is 376 g/mol. The van der Waals surface area contributed by atoms with Gasteiger partial charge in [-0.15, -0.1) is 0 Å². The number of unbranched alkanes of at least 4 members (excludes halogenated alkanes) is 1. The van der Waals surface area contributed by atoms with E-state index in [1.165, 1.54) is 0 Å². The molecule has 1 aromatic rings. The van der Waals surface area contributed by atoms with E-state index in [0.717, 1.165) is 6.92 Å². The van der Waals surface area contributed by atoms with Gasteiger partial charge >= 0.3 is 0 Å². The molecule has 7 nitrogen and oxygen atoms in total. The van der Waals surface area contributed by atoms with Crippen LogP contribution in [-0.4, -0.2) is 64.0 Å². The molecule has 1 aliphatic rings. The molecule has 0 bridgehead atoms. The van der Waals surface area contributed by atoms with Gasteiger partial charge in [-0.1, -0.05) is 19.8 Å². The van der Waals surface area contributed by atoms with Crippen LogP contribution in [0.15, 0.2) is 24.2 Å². The van der Waals surface area contributed by atoms with Crippen LogP contribution >= 0.6 is 0 Å². The Morgan fingerprint density at radius 1 is 1.39 bits per heavy atom. The largest absolute Gasteiger partial charge is 0.369 e. The molecule has 0 aromatic heterocycles. The van der Waals surface area contributed by atoms with Crippen molar-refractivity contribution in [2.45, 2.75) is 33.5 Å². The highest BCUT2D eigenvalue weighted by Gasteiger charge is 2.17. The predicted octanol–water partition coefficient (Wildman–Crippen LogP) is 2.12. The SMILES string of the molecule is [2H]c1cc([2H])c(N2C([2H])([2H])C([2H])([2H])N(CCCCN([2H])S(=O)(=O)C([2H])([2H])C([2H])(C([2H])([2H])[2H])C([2H])([2H])[2H])C([2H])([2H])C2([2H])[2H])c([2H])c1N([2H])C(C)=O. The molecule has 0 atom stereocenters. The second-order valence-corrected chi connectivity index (χ2v) is 6.74. The first-order valence-corrected chi connectivity index (χ1v) is 9.39. The van der Waals surface area contributed by atoms with Gasteiger partial charge in [-0.25, -0.2) is 13.1 Å². The summed E-state index contributed by atoms with van der Waals surface area (Å²) in [5.41, 5.74) is -6.33. The number of amides is 1. The predicted molar refractivity (Wildman–Crippen MR) is 115 cm³/mol. The van der Waals surface area contributed by atoms with Gasteiger partial charge in [0, 0.05) is 68.7 Å². The second kappa shape index (κ2) is 10.8. The van der Waals surface area contributed by atoms with Crippen LogP contribution in [0.25, 0.3) is 0 Å². The molecule has 2 N–H and O–H groups in total. The third-order valence-corrected chi connectivity index (χ3v) is 4.01. The lowest BCUT2D eigenvalue weighted by molar-refractivity contribution is -0.114. The van der Waals surface area contributed by atoms with E-state index in [1.807, 2.05) is 0 Å². The minimum absolute atomic E-state index is 0.0375. The number of anilines is 2. The minimum Gasteiger partial charge on any atom is -0.369 e. The maximum atomic E-state index is 12.9. The van der Waals surface area contributed by atoms with Gasteiger partial charge in [-0.3, -0.25) is 9.69 Å². The molecule has 1 fully saturated rings. The Labute approximate surface area is 200 Å². The molecule has 158 valence electrons. The van der Waals surface area contributed by atoms with Crippen molar-refractivity contribution in [2.75, 3.05) is 55.0 Å². The number of piperazine rings is 1. The van der Waals surface area contributed by atoms with Gasteiger partial charge in [0.1, 0.15) is 1.41 Å². The fourth-order valence-corrected chi connectivity index (χ4v) is 2.62. The Morgan fingerprint density at radius 2 is 2.14 bits per heavy atom. The summed E-state index contributed by atoms with van der Waals surface area (Å²) in [5, 5.41) is 0.0375. The van der Waals surface area contributed by atoms with Gasteiger partial charge in [0.15, 0.2) is 1.41 Å². The number of nitrogens with one attached hydrogen (secondary N) is 2. The number of sulfonamides is 1. The quantitative estimate of drug-likeness (QED) is 0.554. The summed E-state index contributed by atoms with van der Waals surface area (Å²) in [6, 6.07) is -2.20. The number of hydrogen-bond acceptors (Lipinski definition) is 5. The minimum atomic E-state index is -5.86. The van der Waals surface area contributed by atoms with Gasteiger partial charge in [0.05, 0.1) is 15.3 Å². The maximum absolute atomic E-state index is 12.9. The van der Waals surface area contributed by atoms with Crippen molar-refractivity contribution >= 4 is 27.3 Å². The normalized spacial score (nSPS) is 36.4. The molecule has 1 heterocycles. The zero-order chi connectivity index (χ0) is 39.8. The molecule has 0 radical (unpaired) electrons. The van der Waals surface area contributed by atoms with Gasteiger partial charge in [-0.05, 0) is 43.4 Å². The molecule has 28 heavy (non-hydrogen) atoms. The molecule has 0 saturated carbocycles. The molecule has 2 rings (SSSR count). The zero-order valence-corrected chi connectivity index (χ0v) is 15.6. The van der Waals surface area contributed by atoms with E-state index >= 15 is 0 Å². The molecular formula is C20H34N4O3S. The van der Waals surface area contributed by atoms with Crippen LogP contribution < -0.4 is 14.9 Å². The number of hydrogen-bond donors (Lipinski definition) is 2. The molecule has 8 heteroatoms. The number of carbonyl (C=O) groups excluding carboxylic acids is 1. The highest BCUT2D eigenvalue weighted by Crippen LogP contribution is 2.21. The lowest BCUT2D eigenvalue weighted by atomic mass is 10.2. The maximum Gasteiger partial charge on any atom is 0.221 e.